The van der Waals surface area contributed by atoms with Crippen molar-refractivity contribution >= 4 is 11.7 Å². The van der Waals surface area contributed by atoms with Crippen LogP contribution in [0, 0.1) is 5.92 Å². The molecule has 1 N–H and O–H groups in total. The summed E-state index contributed by atoms with van der Waals surface area (Å²) < 4.78 is 5.61. The van der Waals surface area contributed by atoms with Crippen LogP contribution in [0.25, 0.3) is 0 Å². The summed E-state index contributed by atoms with van der Waals surface area (Å²) in [6, 6.07) is -0.387. The lowest BCUT2D eigenvalue weighted by atomic mass is 10.0. The third-order valence-electron chi connectivity index (χ3n) is 3.29. The van der Waals surface area contributed by atoms with Crippen LogP contribution in [0.15, 0.2) is 0 Å². The molecule has 0 radical (unpaired) electrons. The molecule has 0 aromatic carbocycles. The Balaban J connectivity index is 2.48. The highest BCUT2D eigenvalue weighted by molar-refractivity contribution is 5.88. The number of ketones is 1. The van der Waals surface area contributed by atoms with Crippen LogP contribution in [0.3, 0.4) is 0 Å². The first-order chi connectivity index (χ1) is 8.71. The first-order valence-electron chi connectivity index (χ1n) is 6.87. The first-order valence-corrected chi connectivity index (χ1v) is 6.87. The Morgan fingerprint density at radius 1 is 1.37 bits per heavy atom. The fourth-order valence-electron chi connectivity index (χ4n) is 2.41. The van der Waals surface area contributed by atoms with Gasteiger partial charge in [0, 0.05) is 13.1 Å². The topological polar surface area (TPSA) is 58.6 Å². The summed E-state index contributed by atoms with van der Waals surface area (Å²) in [5.41, 5.74) is -0.212. The van der Waals surface area contributed by atoms with E-state index in [1.54, 1.807) is 0 Å². The van der Waals surface area contributed by atoms with E-state index in [9.17, 15) is 9.59 Å². The SMILES string of the molecule is CC(=O)C(NC(=O)CN1CCOC(C)(C)C1)C(C)C. The first kappa shape index (κ1) is 16.1. The molecule has 1 aliphatic heterocycles. The fourth-order valence-corrected chi connectivity index (χ4v) is 2.41. The second kappa shape index (κ2) is 6.48. The van der Waals surface area contributed by atoms with E-state index in [-0.39, 0.29) is 29.3 Å². The Bertz CT molecular complexity index is 340. The fraction of sp³-hybridized carbons (Fsp3) is 0.857. The van der Waals surface area contributed by atoms with Gasteiger partial charge < -0.3 is 10.1 Å². The van der Waals surface area contributed by atoms with E-state index in [1.165, 1.54) is 6.92 Å². The van der Waals surface area contributed by atoms with Crippen molar-refractivity contribution in [3.8, 4) is 0 Å². The maximum Gasteiger partial charge on any atom is 0.234 e. The minimum Gasteiger partial charge on any atom is -0.373 e. The number of nitrogens with one attached hydrogen (secondary N) is 1. The van der Waals surface area contributed by atoms with Gasteiger partial charge in [0.25, 0.3) is 0 Å². The molecule has 0 aromatic rings. The third kappa shape index (κ3) is 5.28. The van der Waals surface area contributed by atoms with Crippen molar-refractivity contribution in [3.05, 3.63) is 0 Å². The predicted octanol–water partition coefficient (Wildman–Crippen LogP) is 0.827. The van der Waals surface area contributed by atoms with Crippen LogP contribution < -0.4 is 5.32 Å². The lowest BCUT2D eigenvalue weighted by Gasteiger charge is -2.37. The summed E-state index contributed by atoms with van der Waals surface area (Å²) in [4.78, 5) is 25.5. The zero-order valence-corrected chi connectivity index (χ0v) is 12.7. The lowest BCUT2D eigenvalue weighted by Crippen LogP contribution is -2.53. The van der Waals surface area contributed by atoms with Crippen molar-refractivity contribution < 1.29 is 14.3 Å². The zero-order chi connectivity index (χ0) is 14.6. The highest BCUT2D eigenvalue weighted by Crippen LogP contribution is 2.15. The van der Waals surface area contributed by atoms with Gasteiger partial charge in [-0.25, -0.2) is 0 Å². The van der Waals surface area contributed by atoms with Crippen LogP contribution >= 0.6 is 0 Å². The molecule has 5 heteroatoms. The van der Waals surface area contributed by atoms with Gasteiger partial charge in [-0.15, -0.1) is 0 Å². The summed E-state index contributed by atoms with van der Waals surface area (Å²) in [6.07, 6.45) is 0. The van der Waals surface area contributed by atoms with Gasteiger partial charge in [0.1, 0.15) is 0 Å². The number of morpholine rings is 1. The van der Waals surface area contributed by atoms with E-state index in [0.717, 1.165) is 13.1 Å². The Morgan fingerprint density at radius 2 is 2.00 bits per heavy atom. The molecule has 0 spiro atoms. The highest BCUT2D eigenvalue weighted by Gasteiger charge is 2.29. The summed E-state index contributed by atoms with van der Waals surface area (Å²) in [5.74, 6) is 0.0276. The number of rotatable bonds is 5. The van der Waals surface area contributed by atoms with Gasteiger partial charge in [-0.05, 0) is 26.7 Å². The van der Waals surface area contributed by atoms with E-state index in [4.69, 9.17) is 4.74 Å². The molecule has 1 rings (SSSR count). The van der Waals surface area contributed by atoms with Crippen LogP contribution in [0.4, 0.5) is 0 Å². The van der Waals surface area contributed by atoms with Crippen LogP contribution in [-0.4, -0.2) is 54.5 Å². The van der Waals surface area contributed by atoms with Crippen LogP contribution in [0.5, 0.6) is 0 Å². The Labute approximate surface area is 115 Å². The number of Topliss-reactive ketones (excluding diaryl/α,β-unsaturated/α-hetero) is 1. The van der Waals surface area contributed by atoms with Crippen LogP contribution in [-0.2, 0) is 14.3 Å². The molecule has 0 saturated carbocycles. The number of amides is 1. The molecule has 0 bridgehead atoms. The quantitative estimate of drug-likeness (QED) is 0.804. The normalized spacial score (nSPS) is 21.2. The number of carbonyl (C=O) groups is 2. The molecule has 1 unspecified atom stereocenters. The van der Waals surface area contributed by atoms with E-state index >= 15 is 0 Å². The van der Waals surface area contributed by atoms with Crippen LogP contribution in [0.2, 0.25) is 0 Å². The van der Waals surface area contributed by atoms with Crippen molar-refractivity contribution in [1.82, 2.24) is 10.2 Å². The van der Waals surface area contributed by atoms with E-state index in [0.29, 0.717) is 13.2 Å². The van der Waals surface area contributed by atoms with Gasteiger partial charge in [0.05, 0.1) is 24.8 Å². The number of nitrogens with zero attached hydrogens (tertiary/aromatic N) is 1. The molecule has 19 heavy (non-hydrogen) atoms. The summed E-state index contributed by atoms with van der Waals surface area (Å²) in [7, 11) is 0. The molecule has 0 aromatic heterocycles. The van der Waals surface area contributed by atoms with Gasteiger partial charge in [0.2, 0.25) is 5.91 Å². The van der Waals surface area contributed by atoms with Crippen molar-refractivity contribution in [2.24, 2.45) is 5.92 Å². The van der Waals surface area contributed by atoms with Crippen molar-refractivity contribution in [2.45, 2.75) is 46.3 Å². The molecule has 1 heterocycles. The van der Waals surface area contributed by atoms with E-state index < -0.39 is 0 Å². The predicted molar refractivity (Wildman–Crippen MR) is 73.9 cm³/mol. The zero-order valence-electron chi connectivity index (χ0n) is 12.7. The summed E-state index contributed by atoms with van der Waals surface area (Å²) in [5, 5.41) is 2.82. The Hall–Kier alpha value is -0.940. The van der Waals surface area contributed by atoms with E-state index in [2.05, 4.69) is 10.2 Å². The summed E-state index contributed by atoms with van der Waals surface area (Å²) >= 11 is 0. The molecule has 110 valence electrons. The smallest absolute Gasteiger partial charge is 0.234 e. The van der Waals surface area contributed by atoms with Crippen LogP contribution in [0.1, 0.15) is 34.6 Å². The van der Waals surface area contributed by atoms with E-state index in [1.807, 2.05) is 27.7 Å². The lowest BCUT2D eigenvalue weighted by molar-refractivity contribution is -0.131. The molecule has 1 saturated heterocycles. The van der Waals surface area contributed by atoms with Crippen molar-refractivity contribution in [1.29, 1.82) is 0 Å². The molecular formula is C14H26N2O3. The molecule has 1 amide bonds. The average Bonchev–Trinajstić information content (AvgIpc) is 2.23. The van der Waals surface area contributed by atoms with Gasteiger partial charge in [-0.3, -0.25) is 14.5 Å². The second-order valence-corrected chi connectivity index (χ2v) is 6.22. The number of hydrogen-bond acceptors (Lipinski definition) is 4. The molecule has 5 nitrogen and oxygen atoms in total. The maximum absolute atomic E-state index is 12.0. The second-order valence-electron chi connectivity index (χ2n) is 6.22. The van der Waals surface area contributed by atoms with Crippen molar-refractivity contribution in [2.75, 3.05) is 26.2 Å². The average molecular weight is 270 g/mol. The number of ether oxygens (including phenoxy) is 1. The standard InChI is InChI=1S/C14H26N2O3/c1-10(2)13(11(3)17)15-12(18)8-16-6-7-19-14(4,5)9-16/h10,13H,6-9H2,1-5H3,(H,15,18). The molecule has 0 aliphatic carbocycles. The maximum atomic E-state index is 12.0. The van der Waals surface area contributed by atoms with Crippen molar-refractivity contribution in [3.63, 3.8) is 0 Å². The number of carbonyl (C=O) groups excluding carboxylic acids is 2. The van der Waals surface area contributed by atoms with Gasteiger partial charge >= 0.3 is 0 Å². The van der Waals surface area contributed by atoms with Gasteiger partial charge in [0.15, 0.2) is 5.78 Å². The van der Waals surface area contributed by atoms with Gasteiger partial charge in [-0.2, -0.15) is 0 Å². The number of hydrogen-bond donors (Lipinski definition) is 1. The molecule has 1 aliphatic rings. The van der Waals surface area contributed by atoms with Gasteiger partial charge in [-0.1, -0.05) is 13.8 Å². The molecule has 1 atom stereocenters. The molecular weight excluding hydrogens is 244 g/mol. The largest absolute Gasteiger partial charge is 0.373 e. The third-order valence-corrected chi connectivity index (χ3v) is 3.29. The minimum atomic E-state index is -0.387. The minimum absolute atomic E-state index is 0.00524. The Morgan fingerprint density at radius 3 is 2.47 bits per heavy atom. The summed E-state index contributed by atoms with van der Waals surface area (Å²) in [6.45, 7) is 11.9. The molecule has 1 fully saturated rings. The highest BCUT2D eigenvalue weighted by atomic mass is 16.5. The Kier molecular flexibility index (Phi) is 5.50. The monoisotopic (exact) mass is 270 g/mol.